The number of amides is 1. The molecule has 208 valence electrons. The Morgan fingerprint density at radius 2 is 1.76 bits per heavy atom. The van der Waals surface area contributed by atoms with Gasteiger partial charge in [-0.15, -0.1) is 0 Å². The second-order valence-corrected chi connectivity index (χ2v) is 12.2. The highest BCUT2D eigenvalue weighted by molar-refractivity contribution is 6.45. The van der Waals surface area contributed by atoms with Crippen molar-refractivity contribution in [3.63, 3.8) is 0 Å². The van der Waals surface area contributed by atoms with E-state index in [0.29, 0.717) is 25.6 Å². The molecule has 10 nitrogen and oxygen atoms in total. The van der Waals surface area contributed by atoms with Crippen molar-refractivity contribution in [2.45, 2.75) is 115 Å². The van der Waals surface area contributed by atoms with Gasteiger partial charge >= 0.3 is 19.2 Å². The number of esters is 1. The SMILES string of the molecule is CC(C)(C)OC(=O)N1C[C@@H](N=[N+]=[N-])C[C@@]1(CCCCB1OC(C)(C)C(C)(C)O1)C(=O)OCc1ccccc1. The maximum atomic E-state index is 13.7. The Bertz CT molecular complexity index is 1020. The minimum Gasteiger partial charge on any atom is -0.459 e. The predicted molar refractivity (Wildman–Crippen MR) is 144 cm³/mol. The Hall–Kier alpha value is -2.75. The van der Waals surface area contributed by atoms with Crippen molar-refractivity contribution in [1.29, 1.82) is 0 Å². The normalized spacial score (nSPS) is 24.1. The molecule has 3 rings (SSSR count). The molecule has 0 bridgehead atoms. The van der Waals surface area contributed by atoms with E-state index >= 15 is 0 Å². The van der Waals surface area contributed by atoms with Crippen LogP contribution in [-0.4, -0.2) is 59.0 Å². The highest BCUT2D eigenvalue weighted by atomic mass is 16.7. The highest BCUT2D eigenvalue weighted by Crippen LogP contribution is 2.40. The fourth-order valence-electron chi connectivity index (χ4n) is 4.87. The Kier molecular flexibility index (Phi) is 9.06. The van der Waals surface area contributed by atoms with Crippen molar-refractivity contribution in [3.8, 4) is 0 Å². The fraction of sp³-hybridized carbons (Fsp3) is 0.704. The van der Waals surface area contributed by atoms with Crippen LogP contribution in [0.15, 0.2) is 35.4 Å². The fourth-order valence-corrected chi connectivity index (χ4v) is 4.87. The smallest absolute Gasteiger partial charge is 0.457 e. The largest absolute Gasteiger partial charge is 0.459 e. The van der Waals surface area contributed by atoms with Crippen molar-refractivity contribution in [2.24, 2.45) is 5.11 Å². The molecule has 0 aromatic heterocycles. The number of ether oxygens (including phenoxy) is 2. The number of benzene rings is 1. The molecule has 1 amide bonds. The van der Waals surface area contributed by atoms with E-state index in [1.165, 1.54) is 4.90 Å². The molecule has 0 unspecified atom stereocenters. The van der Waals surface area contributed by atoms with Crippen LogP contribution in [0.5, 0.6) is 0 Å². The van der Waals surface area contributed by atoms with Crippen LogP contribution in [0.4, 0.5) is 4.79 Å². The summed E-state index contributed by atoms with van der Waals surface area (Å²) >= 11 is 0. The quantitative estimate of drug-likeness (QED) is 0.0960. The standard InChI is InChI=1S/C27H41BN4O6/c1-24(2,3)36-23(34)32-18-21(30-31-29)17-27(32,22(33)35-19-20-13-9-8-10-14-20)15-11-12-16-28-37-25(4,5)26(6,7)38-28/h8-10,13-14,21H,11-12,15-19H2,1-7H3/t21-,27-/m0/s1. The van der Waals surface area contributed by atoms with Gasteiger partial charge in [-0.25, -0.2) is 9.59 Å². The van der Waals surface area contributed by atoms with E-state index in [1.807, 2.05) is 58.0 Å². The summed E-state index contributed by atoms with van der Waals surface area (Å²) in [6.45, 7) is 13.5. The summed E-state index contributed by atoms with van der Waals surface area (Å²) < 4.78 is 23.6. The summed E-state index contributed by atoms with van der Waals surface area (Å²) in [4.78, 5) is 31.4. The maximum Gasteiger partial charge on any atom is 0.457 e. The first kappa shape index (κ1) is 29.8. The van der Waals surface area contributed by atoms with Crippen LogP contribution in [-0.2, 0) is 30.2 Å². The van der Waals surface area contributed by atoms with E-state index in [9.17, 15) is 9.59 Å². The predicted octanol–water partition coefficient (Wildman–Crippen LogP) is 6.05. The lowest BCUT2D eigenvalue weighted by molar-refractivity contribution is -0.158. The van der Waals surface area contributed by atoms with Gasteiger partial charge in [0.05, 0.1) is 17.2 Å². The number of carbonyl (C=O) groups excluding carboxylic acids is 2. The average Bonchev–Trinajstić information content (AvgIpc) is 3.28. The molecule has 38 heavy (non-hydrogen) atoms. The molecule has 2 atom stereocenters. The van der Waals surface area contributed by atoms with Crippen molar-refractivity contribution in [1.82, 2.24) is 4.90 Å². The van der Waals surface area contributed by atoms with Gasteiger partial charge in [-0.05, 0) is 78.7 Å². The average molecular weight is 528 g/mol. The minimum absolute atomic E-state index is 0.0731. The Balaban J connectivity index is 1.79. The Morgan fingerprint density at radius 3 is 2.34 bits per heavy atom. The third-order valence-electron chi connectivity index (χ3n) is 7.49. The molecule has 2 heterocycles. The lowest BCUT2D eigenvalue weighted by atomic mass is 9.80. The maximum absolute atomic E-state index is 13.7. The molecule has 2 aliphatic heterocycles. The molecule has 2 saturated heterocycles. The van der Waals surface area contributed by atoms with E-state index in [4.69, 9.17) is 24.3 Å². The molecular formula is C27H41BN4O6. The second-order valence-electron chi connectivity index (χ2n) is 12.2. The summed E-state index contributed by atoms with van der Waals surface area (Å²) in [5, 5.41) is 3.86. The van der Waals surface area contributed by atoms with Crippen LogP contribution in [0, 0.1) is 0 Å². The number of hydrogen-bond donors (Lipinski definition) is 0. The zero-order valence-corrected chi connectivity index (χ0v) is 23.7. The zero-order chi connectivity index (χ0) is 28.2. The first-order chi connectivity index (χ1) is 17.7. The van der Waals surface area contributed by atoms with Gasteiger partial charge in [-0.1, -0.05) is 48.3 Å². The van der Waals surface area contributed by atoms with Crippen molar-refractivity contribution < 1.29 is 28.4 Å². The van der Waals surface area contributed by atoms with Crippen molar-refractivity contribution in [2.75, 3.05) is 6.54 Å². The number of hydrogen-bond acceptors (Lipinski definition) is 7. The summed E-state index contributed by atoms with van der Waals surface area (Å²) in [5.74, 6) is -0.529. The number of likely N-dealkylation sites (tertiary alicyclic amines) is 1. The van der Waals surface area contributed by atoms with Gasteiger partial charge < -0.3 is 18.8 Å². The van der Waals surface area contributed by atoms with Gasteiger partial charge in [-0.3, -0.25) is 4.90 Å². The number of rotatable bonds is 9. The lowest BCUT2D eigenvalue weighted by Crippen LogP contribution is -2.55. The second kappa shape index (κ2) is 11.6. The van der Waals surface area contributed by atoms with Gasteiger partial charge in [0.25, 0.3) is 0 Å². The van der Waals surface area contributed by atoms with Gasteiger partial charge in [0.1, 0.15) is 17.7 Å². The molecule has 1 aromatic carbocycles. The van der Waals surface area contributed by atoms with Crippen molar-refractivity contribution >= 4 is 19.2 Å². The van der Waals surface area contributed by atoms with Crippen LogP contribution in [0.25, 0.3) is 10.4 Å². The molecule has 0 N–H and O–H groups in total. The molecule has 11 heteroatoms. The van der Waals surface area contributed by atoms with E-state index in [2.05, 4.69) is 10.0 Å². The van der Waals surface area contributed by atoms with E-state index in [1.54, 1.807) is 20.8 Å². The lowest BCUT2D eigenvalue weighted by Gasteiger charge is -2.37. The van der Waals surface area contributed by atoms with Gasteiger partial charge in [0.2, 0.25) is 0 Å². The van der Waals surface area contributed by atoms with Crippen LogP contribution in [0.2, 0.25) is 6.32 Å². The minimum atomic E-state index is -1.31. The monoisotopic (exact) mass is 528 g/mol. The van der Waals surface area contributed by atoms with E-state index in [-0.39, 0.29) is 26.7 Å². The number of carbonyl (C=O) groups is 2. The van der Waals surface area contributed by atoms with Crippen LogP contribution >= 0.6 is 0 Å². The third kappa shape index (κ3) is 7.01. The topological polar surface area (TPSA) is 123 Å². The number of azide groups is 1. The summed E-state index contributed by atoms with van der Waals surface area (Å²) in [7, 11) is -0.345. The molecule has 0 radical (unpaired) electrons. The van der Waals surface area contributed by atoms with Crippen LogP contribution in [0.3, 0.4) is 0 Å². The van der Waals surface area contributed by atoms with Crippen molar-refractivity contribution in [3.05, 3.63) is 46.3 Å². The highest BCUT2D eigenvalue weighted by Gasteiger charge is 2.55. The molecule has 1 aromatic rings. The molecular weight excluding hydrogens is 487 g/mol. The first-order valence-electron chi connectivity index (χ1n) is 13.3. The van der Waals surface area contributed by atoms with Gasteiger partial charge in [0, 0.05) is 11.5 Å². The molecule has 2 fully saturated rings. The molecule has 0 spiro atoms. The summed E-state index contributed by atoms with van der Waals surface area (Å²) in [5.41, 5.74) is 7.03. The number of unbranched alkanes of at least 4 members (excludes halogenated alkanes) is 1. The molecule has 0 saturated carbocycles. The number of nitrogens with zero attached hydrogens (tertiary/aromatic N) is 4. The van der Waals surface area contributed by atoms with E-state index in [0.717, 1.165) is 5.56 Å². The Morgan fingerprint density at radius 1 is 1.13 bits per heavy atom. The third-order valence-corrected chi connectivity index (χ3v) is 7.49. The van der Waals surface area contributed by atoms with E-state index < -0.39 is 40.4 Å². The molecule has 2 aliphatic rings. The molecule has 0 aliphatic carbocycles. The first-order valence-corrected chi connectivity index (χ1v) is 13.3. The van der Waals surface area contributed by atoms with Gasteiger partial charge in [-0.2, -0.15) is 0 Å². The Labute approximate surface area is 226 Å². The zero-order valence-electron chi connectivity index (χ0n) is 23.7. The van der Waals surface area contributed by atoms with Crippen LogP contribution < -0.4 is 0 Å². The summed E-state index contributed by atoms with van der Waals surface area (Å²) in [6.07, 6.45) is 1.83. The summed E-state index contributed by atoms with van der Waals surface area (Å²) in [6, 6.07) is 8.80. The van der Waals surface area contributed by atoms with Gasteiger partial charge in [0.15, 0.2) is 0 Å². The van der Waals surface area contributed by atoms with Crippen LogP contribution in [0.1, 0.15) is 79.7 Å².